The Kier molecular flexibility index (Phi) is 5.40. The zero-order valence-corrected chi connectivity index (χ0v) is 12.6. The van der Waals surface area contributed by atoms with Gasteiger partial charge in [0.25, 0.3) is 0 Å². The molecule has 0 saturated carbocycles. The van der Waals surface area contributed by atoms with E-state index in [1.807, 2.05) is 18.7 Å². The summed E-state index contributed by atoms with van der Waals surface area (Å²) in [4.78, 5) is 26.3. The van der Waals surface area contributed by atoms with E-state index in [0.717, 1.165) is 32.3 Å². The van der Waals surface area contributed by atoms with Crippen LogP contribution in [0.2, 0.25) is 0 Å². The van der Waals surface area contributed by atoms with Crippen LogP contribution in [0.1, 0.15) is 52.4 Å². The van der Waals surface area contributed by atoms with Crippen molar-refractivity contribution in [2.75, 3.05) is 13.2 Å². The lowest BCUT2D eigenvalue weighted by Crippen LogP contribution is -2.47. The Balaban J connectivity index is 1.98. The van der Waals surface area contributed by atoms with E-state index in [1.165, 1.54) is 0 Å². The Morgan fingerprint density at radius 1 is 1.35 bits per heavy atom. The monoisotopic (exact) mass is 282 g/mol. The predicted octanol–water partition coefficient (Wildman–Crippen LogP) is 1.46. The number of hydrogen-bond donors (Lipinski definition) is 1. The van der Waals surface area contributed by atoms with Crippen molar-refractivity contribution < 1.29 is 14.3 Å². The molecule has 2 heterocycles. The van der Waals surface area contributed by atoms with Gasteiger partial charge in [-0.25, -0.2) is 0 Å². The van der Waals surface area contributed by atoms with Gasteiger partial charge in [-0.2, -0.15) is 0 Å². The van der Waals surface area contributed by atoms with Gasteiger partial charge < -0.3 is 15.0 Å². The fourth-order valence-corrected chi connectivity index (χ4v) is 3.08. The molecule has 0 aromatic heterocycles. The molecule has 0 aromatic carbocycles. The average molecular weight is 282 g/mol. The van der Waals surface area contributed by atoms with E-state index in [0.29, 0.717) is 19.4 Å². The van der Waals surface area contributed by atoms with Crippen molar-refractivity contribution in [3.63, 3.8) is 0 Å². The van der Waals surface area contributed by atoms with Gasteiger partial charge in [0.1, 0.15) is 6.04 Å². The molecule has 0 spiro atoms. The minimum Gasteiger partial charge on any atom is -0.378 e. The maximum Gasteiger partial charge on any atom is 0.245 e. The first-order valence-electron chi connectivity index (χ1n) is 7.83. The number of amides is 2. The predicted molar refractivity (Wildman–Crippen MR) is 76.2 cm³/mol. The maximum atomic E-state index is 12.6. The molecule has 5 nitrogen and oxygen atoms in total. The SMILES string of the molecule is CCCC1NC(=O)CC(C)N(CCC2CCCO2)C1=O. The van der Waals surface area contributed by atoms with E-state index in [2.05, 4.69) is 5.32 Å². The van der Waals surface area contributed by atoms with E-state index in [1.54, 1.807) is 0 Å². The number of rotatable bonds is 5. The van der Waals surface area contributed by atoms with Crippen LogP contribution in [0.25, 0.3) is 0 Å². The fraction of sp³-hybridized carbons (Fsp3) is 0.867. The largest absolute Gasteiger partial charge is 0.378 e. The lowest BCUT2D eigenvalue weighted by molar-refractivity contribution is -0.135. The Bertz CT molecular complexity index is 353. The zero-order valence-electron chi connectivity index (χ0n) is 12.6. The van der Waals surface area contributed by atoms with E-state index >= 15 is 0 Å². The molecule has 2 rings (SSSR count). The maximum absolute atomic E-state index is 12.6. The summed E-state index contributed by atoms with van der Waals surface area (Å²) in [6.45, 7) is 5.53. The lowest BCUT2D eigenvalue weighted by atomic mass is 10.1. The molecule has 2 saturated heterocycles. The summed E-state index contributed by atoms with van der Waals surface area (Å²) in [7, 11) is 0. The van der Waals surface area contributed by atoms with Gasteiger partial charge in [-0.05, 0) is 32.6 Å². The summed E-state index contributed by atoms with van der Waals surface area (Å²) in [6, 6.07) is -0.368. The average Bonchev–Trinajstić information content (AvgIpc) is 2.88. The number of carbonyl (C=O) groups excluding carboxylic acids is 2. The molecular formula is C15H26N2O3. The summed E-state index contributed by atoms with van der Waals surface area (Å²) in [5.41, 5.74) is 0. The third kappa shape index (κ3) is 3.72. The van der Waals surface area contributed by atoms with Gasteiger partial charge in [-0.1, -0.05) is 13.3 Å². The van der Waals surface area contributed by atoms with Crippen LogP contribution >= 0.6 is 0 Å². The molecule has 0 aliphatic carbocycles. The van der Waals surface area contributed by atoms with Crippen molar-refractivity contribution in [1.82, 2.24) is 10.2 Å². The molecule has 2 amide bonds. The molecule has 1 N–H and O–H groups in total. The van der Waals surface area contributed by atoms with Crippen LogP contribution in [0.3, 0.4) is 0 Å². The van der Waals surface area contributed by atoms with Crippen LogP contribution in [-0.4, -0.2) is 48.1 Å². The third-order valence-corrected chi connectivity index (χ3v) is 4.22. The molecule has 3 unspecified atom stereocenters. The quantitative estimate of drug-likeness (QED) is 0.830. The first kappa shape index (κ1) is 15.3. The Morgan fingerprint density at radius 2 is 2.15 bits per heavy atom. The van der Waals surface area contributed by atoms with Gasteiger partial charge in [0, 0.05) is 25.6 Å². The molecular weight excluding hydrogens is 256 g/mol. The van der Waals surface area contributed by atoms with Gasteiger partial charge in [-0.15, -0.1) is 0 Å². The van der Waals surface area contributed by atoms with Gasteiger partial charge >= 0.3 is 0 Å². The molecule has 2 aliphatic heterocycles. The van der Waals surface area contributed by atoms with Crippen molar-refractivity contribution in [2.45, 2.75) is 70.6 Å². The second-order valence-electron chi connectivity index (χ2n) is 5.92. The minimum absolute atomic E-state index is 0.0103. The van der Waals surface area contributed by atoms with Crippen molar-refractivity contribution in [3.05, 3.63) is 0 Å². The lowest BCUT2D eigenvalue weighted by Gasteiger charge is -2.29. The molecule has 0 radical (unpaired) electrons. The highest BCUT2D eigenvalue weighted by Gasteiger charge is 2.33. The molecule has 114 valence electrons. The second kappa shape index (κ2) is 7.07. The number of nitrogens with one attached hydrogen (secondary N) is 1. The van der Waals surface area contributed by atoms with E-state index < -0.39 is 0 Å². The Hall–Kier alpha value is -1.10. The van der Waals surface area contributed by atoms with Crippen LogP contribution in [0.4, 0.5) is 0 Å². The van der Waals surface area contributed by atoms with Crippen LogP contribution in [0, 0.1) is 0 Å². The summed E-state index contributed by atoms with van der Waals surface area (Å²) < 4.78 is 5.62. The molecule has 20 heavy (non-hydrogen) atoms. The standard InChI is InChI=1S/C15H26N2O3/c1-3-5-13-15(19)17(11(2)10-14(18)16-13)8-7-12-6-4-9-20-12/h11-13H,3-10H2,1-2H3,(H,16,18). The number of hydrogen-bond acceptors (Lipinski definition) is 3. The Morgan fingerprint density at radius 3 is 2.80 bits per heavy atom. The van der Waals surface area contributed by atoms with Crippen molar-refractivity contribution in [2.24, 2.45) is 0 Å². The minimum atomic E-state index is -0.345. The van der Waals surface area contributed by atoms with Crippen LogP contribution in [0.5, 0.6) is 0 Å². The summed E-state index contributed by atoms with van der Waals surface area (Å²) in [5.74, 6) is 0.0621. The second-order valence-corrected chi connectivity index (χ2v) is 5.92. The van der Waals surface area contributed by atoms with Crippen molar-refractivity contribution in [1.29, 1.82) is 0 Å². The summed E-state index contributed by atoms with van der Waals surface area (Å²) in [6.07, 6.45) is 5.38. The van der Waals surface area contributed by atoms with Crippen LogP contribution < -0.4 is 5.32 Å². The third-order valence-electron chi connectivity index (χ3n) is 4.22. The first-order chi connectivity index (χ1) is 9.61. The van der Waals surface area contributed by atoms with Crippen LogP contribution in [0.15, 0.2) is 0 Å². The van der Waals surface area contributed by atoms with E-state index in [9.17, 15) is 9.59 Å². The van der Waals surface area contributed by atoms with Gasteiger partial charge in [-0.3, -0.25) is 9.59 Å². The van der Waals surface area contributed by atoms with Crippen LogP contribution in [-0.2, 0) is 14.3 Å². The summed E-state index contributed by atoms with van der Waals surface area (Å²) in [5, 5.41) is 2.86. The first-order valence-corrected chi connectivity index (χ1v) is 7.83. The topological polar surface area (TPSA) is 58.6 Å². The molecule has 0 bridgehead atoms. The number of carbonyl (C=O) groups is 2. The van der Waals surface area contributed by atoms with Crippen molar-refractivity contribution >= 4 is 11.8 Å². The van der Waals surface area contributed by atoms with Gasteiger partial charge in [0.2, 0.25) is 11.8 Å². The fourth-order valence-electron chi connectivity index (χ4n) is 3.08. The molecule has 2 fully saturated rings. The highest BCUT2D eigenvalue weighted by atomic mass is 16.5. The highest BCUT2D eigenvalue weighted by molar-refractivity contribution is 5.90. The van der Waals surface area contributed by atoms with Crippen molar-refractivity contribution in [3.8, 4) is 0 Å². The molecule has 0 aromatic rings. The van der Waals surface area contributed by atoms with Gasteiger partial charge in [0.05, 0.1) is 6.10 Å². The Labute approximate surface area is 121 Å². The smallest absolute Gasteiger partial charge is 0.245 e. The van der Waals surface area contributed by atoms with E-state index in [4.69, 9.17) is 4.74 Å². The van der Waals surface area contributed by atoms with E-state index in [-0.39, 0.29) is 30.0 Å². The number of ether oxygens (including phenoxy) is 1. The highest BCUT2D eigenvalue weighted by Crippen LogP contribution is 2.19. The molecule has 5 heteroatoms. The molecule has 3 atom stereocenters. The normalized spacial score (nSPS) is 31.3. The zero-order chi connectivity index (χ0) is 14.5. The molecule has 2 aliphatic rings. The van der Waals surface area contributed by atoms with Gasteiger partial charge in [0.15, 0.2) is 0 Å². The summed E-state index contributed by atoms with van der Waals surface area (Å²) >= 11 is 0. The number of nitrogens with zero attached hydrogens (tertiary/aromatic N) is 1.